The van der Waals surface area contributed by atoms with E-state index in [1.807, 2.05) is 0 Å². The first-order chi connectivity index (χ1) is 10.5. The number of amides is 3. The van der Waals surface area contributed by atoms with Crippen molar-refractivity contribution >= 4 is 38.8 Å². The maximum Gasteiger partial charge on any atom is 0.321 e. The van der Waals surface area contributed by atoms with E-state index in [4.69, 9.17) is 0 Å². The summed E-state index contributed by atoms with van der Waals surface area (Å²) in [6, 6.07) is 4.47. The van der Waals surface area contributed by atoms with E-state index in [0.29, 0.717) is 10.9 Å². The molecule has 1 aromatic carbocycles. The molecule has 0 spiro atoms. The first kappa shape index (κ1) is 15.9. The van der Waals surface area contributed by atoms with Crippen LogP contribution in [0, 0.1) is 0 Å². The lowest BCUT2D eigenvalue weighted by atomic mass is 10.2. The normalized spacial score (nSPS) is 10.2. The molecule has 0 saturated carbocycles. The van der Waals surface area contributed by atoms with Crippen molar-refractivity contribution < 1.29 is 9.59 Å². The van der Waals surface area contributed by atoms with E-state index in [1.165, 1.54) is 12.4 Å². The minimum Gasteiger partial charge on any atom is -0.334 e. The van der Waals surface area contributed by atoms with E-state index in [9.17, 15) is 14.4 Å². The number of carbonyl (C=O) groups is 2. The fourth-order valence-electron chi connectivity index (χ4n) is 1.77. The minimum absolute atomic E-state index is 0.241. The number of hydrogen-bond donors (Lipinski definition) is 2. The number of rotatable bonds is 4. The molecule has 8 heteroatoms. The van der Waals surface area contributed by atoms with Crippen LogP contribution in [-0.2, 0) is 11.3 Å². The van der Waals surface area contributed by atoms with E-state index < -0.39 is 11.9 Å². The van der Waals surface area contributed by atoms with Crippen LogP contribution in [0.5, 0.6) is 0 Å². The van der Waals surface area contributed by atoms with Crippen LogP contribution in [0.25, 0.3) is 10.9 Å². The van der Waals surface area contributed by atoms with Gasteiger partial charge in [0.2, 0.25) is 5.91 Å². The second kappa shape index (κ2) is 6.99. The molecule has 0 aliphatic rings. The maximum atomic E-state index is 12.3. The largest absolute Gasteiger partial charge is 0.334 e. The third kappa shape index (κ3) is 3.79. The second-order valence-corrected chi connectivity index (χ2v) is 5.30. The second-order valence-electron chi connectivity index (χ2n) is 4.39. The molecule has 3 amide bonds. The van der Waals surface area contributed by atoms with Gasteiger partial charge in [0.05, 0.1) is 17.2 Å². The van der Waals surface area contributed by atoms with E-state index >= 15 is 0 Å². The van der Waals surface area contributed by atoms with Crippen molar-refractivity contribution in [2.45, 2.75) is 6.54 Å². The van der Waals surface area contributed by atoms with Crippen molar-refractivity contribution in [1.29, 1.82) is 0 Å². The zero-order chi connectivity index (χ0) is 16.1. The standard InChI is InChI=1S/C14H13BrN4O3/c1-2-5-16-14(22)18-12(20)7-19-8-17-11-4-3-9(15)6-10(11)13(19)21/h2-4,6,8H,1,5,7H2,(H2,16,18,20,22). The van der Waals surface area contributed by atoms with Crippen molar-refractivity contribution in [2.75, 3.05) is 6.54 Å². The van der Waals surface area contributed by atoms with E-state index in [2.05, 4.69) is 38.1 Å². The third-order valence-corrected chi connectivity index (χ3v) is 3.25. The summed E-state index contributed by atoms with van der Waals surface area (Å²) in [7, 11) is 0. The molecule has 7 nitrogen and oxygen atoms in total. The number of halogens is 1. The number of nitrogens with one attached hydrogen (secondary N) is 2. The Balaban J connectivity index is 2.16. The van der Waals surface area contributed by atoms with Gasteiger partial charge in [-0.05, 0) is 18.2 Å². The van der Waals surface area contributed by atoms with Gasteiger partial charge in [0.25, 0.3) is 5.56 Å². The van der Waals surface area contributed by atoms with E-state index in [1.54, 1.807) is 18.2 Å². The van der Waals surface area contributed by atoms with Crippen molar-refractivity contribution in [3.63, 3.8) is 0 Å². The highest BCUT2D eigenvalue weighted by Crippen LogP contribution is 2.14. The Labute approximate surface area is 134 Å². The lowest BCUT2D eigenvalue weighted by Gasteiger charge is -2.07. The fourth-order valence-corrected chi connectivity index (χ4v) is 2.13. The molecule has 0 saturated heterocycles. The monoisotopic (exact) mass is 364 g/mol. The number of carbonyl (C=O) groups excluding carboxylic acids is 2. The molecule has 2 rings (SSSR count). The van der Waals surface area contributed by atoms with Crippen LogP contribution in [0.15, 0.2) is 46.4 Å². The van der Waals surface area contributed by atoms with Gasteiger partial charge in [0, 0.05) is 11.0 Å². The molecule has 0 radical (unpaired) electrons. The van der Waals surface area contributed by atoms with E-state index in [0.717, 1.165) is 9.04 Å². The lowest BCUT2D eigenvalue weighted by molar-refractivity contribution is -0.120. The summed E-state index contributed by atoms with van der Waals surface area (Å²) in [5, 5.41) is 4.91. The predicted octanol–water partition coefficient (Wildman–Crippen LogP) is 1.17. The van der Waals surface area contributed by atoms with Crippen molar-refractivity contribution in [3.05, 3.63) is 52.0 Å². The molecule has 0 bridgehead atoms. The van der Waals surface area contributed by atoms with Gasteiger partial charge < -0.3 is 5.32 Å². The number of aromatic nitrogens is 2. The molecule has 0 aliphatic heterocycles. The van der Waals surface area contributed by atoms with Crippen molar-refractivity contribution in [2.24, 2.45) is 0 Å². The Hall–Kier alpha value is -2.48. The van der Waals surface area contributed by atoms with Crippen LogP contribution in [0.1, 0.15) is 0 Å². The summed E-state index contributed by atoms with van der Waals surface area (Å²) in [6.45, 7) is 3.39. The Bertz CT molecular complexity index is 800. The predicted molar refractivity (Wildman–Crippen MR) is 85.4 cm³/mol. The highest BCUT2D eigenvalue weighted by atomic mass is 79.9. The zero-order valence-corrected chi connectivity index (χ0v) is 13.1. The van der Waals surface area contributed by atoms with Crippen LogP contribution in [0.3, 0.4) is 0 Å². The summed E-state index contributed by atoms with van der Waals surface area (Å²) >= 11 is 3.28. The number of imide groups is 1. The number of benzene rings is 1. The molecule has 0 fully saturated rings. The highest BCUT2D eigenvalue weighted by molar-refractivity contribution is 9.10. The average molecular weight is 365 g/mol. The highest BCUT2D eigenvalue weighted by Gasteiger charge is 2.10. The summed E-state index contributed by atoms with van der Waals surface area (Å²) < 4.78 is 1.88. The van der Waals surface area contributed by atoms with Crippen LogP contribution >= 0.6 is 15.9 Å². The Kier molecular flexibility index (Phi) is 5.05. The summed E-state index contributed by atoms with van der Waals surface area (Å²) in [5.41, 5.74) is 0.182. The lowest BCUT2D eigenvalue weighted by Crippen LogP contribution is -2.42. The SMILES string of the molecule is C=CCNC(=O)NC(=O)Cn1cnc2ccc(Br)cc2c1=O. The molecule has 114 valence electrons. The van der Waals surface area contributed by atoms with Crippen LogP contribution < -0.4 is 16.2 Å². The average Bonchev–Trinajstić information content (AvgIpc) is 2.48. The topological polar surface area (TPSA) is 93.1 Å². The number of hydrogen-bond acceptors (Lipinski definition) is 4. The van der Waals surface area contributed by atoms with Gasteiger partial charge in [-0.1, -0.05) is 22.0 Å². The van der Waals surface area contributed by atoms with Gasteiger partial charge in [0.15, 0.2) is 0 Å². The maximum absolute atomic E-state index is 12.3. The summed E-state index contributed by atoms with van der Waals surface area (Å²) in [4.78, 5) is 39.5. The minimum atomic E-state index is -0.644. The summed E-state index contributed by atoms with van der Waals surface area (Å²) in [6.07, 6.45) is 2.76. The molecule has 2 aromatic rings. The van der Waals surface area contributed by atoms with Crippen molar-refractivity contribution in [3.8, 4) is 0 Å². The fraction of sp³-hybridized carbons (Fsp3) is 0.143. The molecule has 1 heterocycles. The van der Waals surface area contributed by atoms with Gasteiger partial charge in [-0.3, -0.25) is 19.5 Å². The Morgan fingerprint density at radius 1 is 1.41 bits per heavy atom. The van der Waals surface area contributed by atoms with Gasteiger partial charge in [-0.2, -0.15) is 0 Å². The van der Waals surface area contributed by atoms with Gasteiger partial charge >= 0.3 is 6.03 Å². The summed E-state index contributed by atoms with van der Waals surface area (Å²) in [5.74, 6) is -0.611. The molecule has 0 atom stereocenters. The molecule has 0 aliphatic carbocycles. The zero-order valence-electron chi connectivity index (χ0n) is 11.5. The number of nitrogens with zero attached hydrogens (tertiary/aromatic N) is 2. The molecule has 2 N–H and O–H groups in total. The molecular formula is C14H13BrN4O3. The Morgan fingerprint density at radius 3 is 2.91 bits per heavy atom. The first-order valence-corrected chi connectivity index (χ1v) is 7.14. The quantitative estimate of drug-likeness (QED) is 0.796. The van der Waals surface area contributed by atoms with Gasteiger partial charge in [0.1, 0.15) is 6.54 Å². The third-order valence-electron chi connectivity index (χ3n) is 2.76. The van der Waals surface area contributed by atoms with Gasteiger partial charge in [-0.15, -0.1) is 6.58 Å². The van der Waals surface area contributed by atoms with Crippen LogP contribution in [0.2, 0.25) is 0 Å². The smallest absolute Gasteiger partial charge is 0.321 e. The number of fused-ring (bicyclic) bond motifs is 1. The van der Waals surface area contributed by atoms with Crippen LogP contribution in [-0.4, -0.2) is 28.0 Å². The molecule has 22 heavy (non-hydrogen) atoms. The number of urea groups is 1. The molecular weight excluding hydrogens is 352 g/mol. The van der Waals surface area contributed by atoms with Crippen molar-refractivity contribution in [1.82, 2.24) is 20.2 Å². The van der Waals surface area contributed by atoms with E-state index in [-0.39, 0.29) is 18.6 Å². The molecule has 1 aromatic heterocycles. The Morgan fingerprint density at radius 2 is 2.18 bits per heavy atom. The van der Waals surface area contributed by atoms with Gasteiger partial charge in [-0.25, -0.2) is 9.78 Å². The van der Waals surface area contributed by atoms with Crippen LogP contribution in [0.4, 0.5) is 4.79 Å². The first-order valence-electron chi connectivity index (χ1n) is 6.34. The molecule has 0 unspecified atom stereocenters.